The second-order valence-corrected chi connectivity index (χ2v) is 4.68. The van der Waals surface area contributed by atoms with Crippen LogP contribution in [-0.2, 0) is 9.53 Å². The highest BCUT2D eigenvalue weighted by atomic mass is 16.5. The van der Waals surface area contributed by atoms with E-state index in [9.17, 15) is 4.79 Å². The first-order valence-electron chi connectivity index (χ1n) is 5.82. The Kier molecular flexibility index (Phi) is 4.69. The van der Waals surface area contributed by atoms with E-state index in [4.69, 9.17) is 10.5 Å². The molecule has 0 spiro atoms. The summed E-state index contributed by atoms with van der Waals surface area (Å²) in [5, 5.41) is 0. The standard InChI is InChI=1S/C12H21N3O2/c1-8(2)5-10(12(16)17-4)15-7-14-6-11(15)9(3)13/h6-10H,5,13H2,1-4H3/t9-,10?/m0/s1. The van der Waals surface area contributed by atoms with E-state index < -0.39 is 0 Å². The Hall–Kier alpha value is -1.36. The van der Waals surface area contributed by atoms with Crippen LogP contribution in [0.4, 0.5) is 0 Å². The zero-order valence-corrected chi connectivity index (χ0v) is 10.9. The van der Waals surface area contributed by atoms with Gasteiger partial charge in [-0.05, 0) is 19.3 Å². The molecular weight excluding hydrogens is 218 g/mol. The molecule has 0 fully saturated rings. The Labute approximate surface area is 102 Å². The maximum Gasteiger partial charge on any atom is 0.328 e. The summed E-state index contributed by atoms with van der Waals surface area (Å²) in [5.74, 6) is 0.140. The highest BCUT2D eigenvalue weighted by Crippen LogP contribution is 2.23. The molecule has 1 aromatic rings. The molecule has 0 amide bonds. The van der Waals surface area contributed by atoms with Crippen LogP contribution in [0, 0.1) is 5.92 Å². The zero-order chi connectivity index (χ0) is 13.0. The Balaban J connectivity index is 3.03. The van der Waals surface area contributed by atoms with Crippen LogP contribution in [0.2, 0.25) is 0 Å². The summed E-state index contributed by atoms with van der Waals surface area (Å²) in [4.78, 5) is 15.9. The van der Waals surface area contributed by atoms with Crippen LogP contribution in [0.15, 0.2) is 12.5 Å². The fourth-order valence-electron chi connectivity index (χ4n) is 1.83. The molecule has 0 aliphatic rings. The molecule has 2 atom stereocenters. The van der Waals surface area contributed by atoms with Gasteiger partial charge in [0.15, 0.2) is 0 Å². The van der Waals surface area contributed by atoms with Gasteiger partial charge in [-0.2, -0.15) is 0 Å². The fraction of sp³-hybridized carbons (Fsp3) is 0.667. The molecule has 5 nitrogen and oxygen atoms in total. The van der Waals surface area contributed by atoms with Gasteiger partial charge in [0.1, 0.15) is 6.04 Å². The molecule has 0 bridgehead atoms. The van der Waals surface area contributed by atoms with Gasteiger partial charge in [0.25, 0.3) is 0 Å². The van der Waals surface area contributed by atoms with Gasteiger partial charge in [-0.3, -0.25) is 0 Å². The predicted octanol–water partition coefficient (Wildman–Crippen LogP) is 1.66. The van der Waals surface area contributed by atoms with Crippen molar-refractivity contribution in [1.29, 1.82) is 0 Å². The van der Waals surface area contributed by atoms with Crippen molar-refractivity contribution in [2.45, 2.75) is 39.3 Å². The lowest BCUT2D eigenvalue weighted by atomic mass is 10.0. The van der Waals surface area contributed by atoms with E-state index in [1.54, 1.807) is 12.5 Å². The molecule has 1 aromatic heterocycles. The average Bonchev–Trinajstić information content (AvgIpc) is 2.73. The molecule has 17 heavy (non-hydrogen) atoms. The van der Waals surface area contributed by atoms with Crippen LogP contribution in [0.5, 0.6) is 0 Å². The number of nitrogens with two attached hydrogens (primary N) is 1. The molecule has 0 aliphatic carbocycles. The van der Waals surface area contributed by atoms with E-state index >= 15 is 0 Å². The molecule has 96 valence electrons. The van der Waals surface area contributed by atoms with Crippen LogP contribution in [0.1, 0.15) is 45.0 Å². The minimum Gasteiger partial charge on any atom is -0.467 e. The summed E-state index contributed by atoms with van der Waals surface area (Å²) < 4.78 is 6.66. The minimum absolute atomic E-state index is 0.156. The Morgan fingerprint density at radius 2 is 2.18 bits per heavy atom. The number of carbonyl (C=O) groups is 1. The van der Waals surface area contributed by atoms with Gasteiger partial charge in [0.05, 0.1) is 19.1 Å². The molecule has 0 aliphatic heterocycles. The van der Waals surface area contributed by atoms with Gasteiger partial charge in [-0.15, -0.1) is 0 Å². The molecule has 0 saturated carbocycles. The van der Waals surface area contributed by atoms with E-state index in [0.29, 0.717) is 12.3 Å². The van der Waals surface area contributed by atoms with E-state index in [1.807, 2.05) is 11.5 Å². The average molecular weight is 239 g/mol. The molecular formula is C12H21N3O2. The van der Waals surface area contributed by atoms with Crippen molar-refractivity contribution in [3.8, 4) is 0 Å². The predicted molar refractivity (Wildman–Crippen MR) is 65.3 cm³/mol. The summed E-state index contributed by atoms with van der Waals surface area (Å²) >= 11 is 0. The summed E-state index contributed by atoms with van der Waals surface area (Å²) in [7, 11) is 1.40. The van der Waals surface area contributed by atoms with Gasteiger partial charge in [-0.25, -0.2) is 9.78 Å². The number of rotatable bonds is 5. The number of nitrogens with zero attached hydrogens (tertiary/aromatic N) is 2. The maximum atomic E-state index is 11.8. The van der Waals surface area contributed by atoms with Gasteiger partial charge in [0, 0.05) is 12.2 Å². The second-order valence-electron chi connectivity index (χ2n) is 4.68. The first kappa shape index (κ1) is 13.7. The number of aromatic nitrogens is 2. The number of hydrogen-bond donors (Lipinski definition) is 1. The summed E-state index contributed by atoms with van der Waals surface area (Å²) in [6.45, 7) is 6.01. The monoisotopic (exact) mass is 239 g/mol. The van der Waals surface area contributed by atoms with Crippen LogP contribution in [0.3, 0.4) is 0 Å². The van der Waals surface area contributed by atoms with Gasteiger partial charge < -0.3 is 15.0 Å². The summed E-state index contributed by atoms with van der Waals surface area (Å²) in [6.07, 6.45) is 4.05. The van der Waals surface area contributed by atoms with Crippen molar-refractivity contribution >= 4 is 5.97 Å². The first-order valence-corrected chi connectivity index (χ1v) is 5.82. The van der Waals surface area contributed by atoms with Gasteiger partial charge in [0.2, 0.25) is 0 Å². The van der Waals surface area contributed by atoms with E-state index in [-0.39, 0.29) is 18.1 Å². The zero-order valence-electron chi connectivity index (χ0n) is 10.9. The molecule has 1 rings (SSSR count). The van der Waals surface area contributed by atoms with Crippen molar-refractivity contribution in [2.24, 2.45) is 11.7 Å². The van der Waals surface area contributed by atoms with Gasteiger partial charge in [-0.1, -0.05) is 13.8 Å². The molecule has 0 aromatic carbocycles. The van der Waals surface area contributed by atoms with E-state index in [1.165, 1.54) is 7.11 Å². The molecule has 0 radical (unpaired) electrons. The van der Waals surface area contributed by atoms with Crippen molar-refractivity contribution in [1.82, 2.24) is 9.55 Å². The fourth-order valence-corrected chi connectivity index (χ4v) is 1.83. The normalized spacial score (nSPS) is 14.7. The van der Waals surface area contributed by atoms with Gasteiger partial charge >= 0.3 is 5.97 Å². The van der Waals surface area contributed by atoms with Crippen LogP contribution in [-0.4, -0.2) is 22.6 Å². The summed E-state index contributed by atoms with van der Waals surface area (Å²) in [5.41, 5.74) is 6.70. The smallest absolute Gasteiger partial charge is 0.328 e. The highest BCUT2D eigenvalue weighted by Gasteiger charge is 2.25. The van der Waals surface area contributed by atoms with Crippen molar-refractivity contribution < 1.29 is 9.53 Å². The quantitative estimate of drug-likeness (QED) is 0.793. The van der Waals surface area contributed by atoms with E-state index in [2.05, 4.69) is 18.8 Å². The molecule has 5 heteroatoms. The number of ether oxygens (including phenoxy) is 1. The van der Waals surface area contributed by atoms with Crippen molar-refractivity contribution in [2.75, 3.05) is 7.11 Å². The number of carbonyl (C=O) groups excluding carboxylic acids is 1. The third kappa shape index (κ3) is 3.30. The topological polar surface area (TPSA) is 70.1 Å². The minimum atomic E-state index is -0.344. The third-order valence-electron chi connectivity index (χ3n) is 2.67. The highest BCUT2D eigenvalue weighted by molar-refractivity contribution is 5.74. The number of esters is 1. The second kappa shape index (κ2) is 5.82. The Bertz CT molecular complexity index is 372. The number of methoxy groups -OCH3 is 1. The molecule has 0 saturated heterocycles. The third-order valence-corrected chi connectivity index (χ3v) is 2.67. The molecule has 1 heterocycles. The Morgan fingerprint density at radius 3 is 2.65 bits per heavy atom. The largest absolute Gasteiger partial charge is 0.467 e. The van der Waals surface area contributed by atoms with E-state index in [0.717, 1.165) is 5.69 Å². The maximum absolute atomic E-state index is 11.8. The van der Waals surface area contributed by atoms with Crippen LogP contribution in [0.25, 0.3) is 0 Å². The lowest BCUT2D eigenvalue weighted by molar-refractivity contribution is -0.145. The lowest BCUT2D eigenvalue weighted by Crippen LogP contribution is -2.25. The van der Waals surface area contributed by atoms with Crippen molar-refractivity contribution in [3.63, 3.8) is 0 Å². The molecule has 1 unspecified atom stereocenters. The lowest BCUT2D eigenvalue weighted by Gasteiger charge is -2.21. The number of imidazole rings is 1. The Morgan fingerprint density at radius 1 is 1.53 bits per heavy atom. The summed E-state index contributed by atoms with van der Waals surface area (Å²) in [6, 6.07) is -0.500. The first-order chi connectivity index (χ1) is 7.97. The van der Waals surface area contributed by atoms with Crippen molar-refractivity contribution in [3.05, 3.63) is 18.2 Å². The van der Waals surface area contributed by atoms with Crippen LogP contribution >= 0.6 is 0 Å². The molecule has 2 N–H and O–H groups in total. The number of hydrogen-bond acceptors (Lipinski definition) is 4. The van der Waals surface area contributed by atoms with Crippen LogP contribution < -0.4 is 5.73 Å². The SMILES string of the molecule is COC(=O)C(CC(C)C)n1cncc1[C@H](C)N.